The number of carbonyl (C=O) groups is 1. The maximum atomic E-state index is 10.8. The zero-order chi connectivity index (χ0) is 14.5. The van der Waals surface area contributed by atoms with Crippen LogP contribution in [0.25, 0.3) is 0 Å². The molecule has 8 heteroatoms. The van der Waals surface area contributed by atoms with Crippen molar-refractivity contribution in [2.24, 2.45) is 0 Å². The Hall–Kier alpha value is -2.48. The van der Waals surface area contributed by atoms with E-state index in [-0.39, 0.29) is 23.9 Å². The number of thiophene rings is 1. The van der Waals surface area contributed by atoms with Crippen LogP contribution in [0.5, 0.6) is 5.88 Å². The van der Waals surface area contributed by atoms with E-state index in [9.17, 15) is 14.9 Å². The third-order valence-electron chi connectivity index (χ3n) is 2.42. The van der Waals surface area contributed by atoms with Crippen molar-refractivity contribution in [3.63, 3.8) is 0 Å². The van der Waals surface area contributed by atoms with Crippen molar-refractivity contribution >= 4 is 23.0 Å². The van der Waals surface area contributed by atoms with Gasteiger partial charge in [0.1, 0.15) is 0 Å². The molecule has 0 unspecified atom stereocenters. The Kier molecular flexibility index (Phi) is 4.26. The molecule has 0 fully saturated rings. The Bertz CT molecular complexity index is 627. The van der Waals surface area contributed by atoms with Gasteiger partial charge in [0.25, 0.3) is 5.88 Å². The van der Waals surface area contributed by atoms with Crippen LogP contribution in [0.1, 0.15) is 15.4 Å². The first-order valence-electron chi connectivity index (χ1n) is 5.62. The lowest BCUT2D eigenvalue weighted by Crippen LogP contribution is -2.08. The van der Waals surface area contributed by atoms with Gasteiger partial charge in [-0.25, -0.2) is 9.78 Å². The molecule has 0 spiro atoms. The first kappa shape index (κ1) is 13.9. The number of hydrogen-bond acceptors (Lipinski definition) is 6. The minimum Gasteiger partial charge on any atom is -0.477 e. The second kappa shape index (κ2) is 6.11. The van der Waals surface area contributed by atoms with Gasteiger partial charge in [0.2, 0.25) is 0 Å². The third-order valence-corrected chi connectivity index (χ3v) is 3.36. The van der Waals surface area contributed by atoms with Crippen molar-refractivity contribution < 1.29 is 19.6 Å². The highest BCUT2D eigenvalue weighted by Gasteiger charge is 2.19. The van der Waals surface area contributed by atoms with E-state index in [2.05, 4.69) is 4.98 Å². The highest BCUT2D eigenvalue weighted by atomic mass is 32.1. The minimum atomic E-state index is -1.26. The van der Waals surface area contributed by atoms with Gasteiger partial charge in [-0.15, -0.1) is 11.3 Å². The fourth-order valence-electron chi connectivity index (χ4n) is 1.50. The summed E-state index contributed by atoms with van der Waals surface area (Å²) >= 11 is 1.55. The van der Waals surface area contributed by atoms with E-state index in [1.54, 1.807) is 11.3 Å². The predicted octanol–water partition coefficient (Wildman–Crippen LogP) is 2.37. The second-order valence-electron chi connectivity index (χ2n) is 3.76. The van der Waals surface area contributed by atoms with Crippen LogP contribution in [-0.4, -0.2) is 27.6 Å². The Morgan fingerprint density at radius 3 is 2.85 bits per heavy atom. The minimum absolute atomic E-state index is 0.192. The number of nitro groups is 1. The van der Waals surface area contributed by atoms with Gasteiger partial charge in [-0.05, 0) is 17.5 Å². The average Bonchev–Trinajstić information content (AvgIpc) is 2.91. The monoisotopic (exact) mass is 294 g/mol. The molecule has 2 aromatic heterocycles. The predicted molar refractivity (Wildman–Crippen MR) is 71.4 cm³/mol. The van der Waals surface area contributed by atoms with Crippen molar-refractivity contribution in [3.05, 3.63) is 50.3 Å². The molecule has 0 aliphatic heterocycles. The molecule has 1 N–H and O–H groups in total. The summed E-state index contributed by atoms with van der Waals surface area (Å²) < 4.78 is 5.25. The summed E-state index contributed by atoms with van der Waals surface area (Å²) in [6.07, 6.45) is 0.577. The van der Waals surface area contributed by atoms with Gasteiger partial charge in [0.05, 0.1) is 11.5 Å². The van der Waals surface area contributed by atoms with E-state index < -0.39 is 10.9 Å². The number of pyridine rings is 1. The van der Waals surface area contributed by atoms with Crippen LogP contribution in [0.4, 0.5) is 5.69 Å². The van der Waals surface area contributed by atoms with E-state index >= 15 is 0 Å². The Labute approximate surface area is 117 Å². The number of carboxylic acids is 1. The van der Waals surface area contributed by atoms with Crippen LogP contribution in [0.2, 0.25) is 0 Å². The smallest absolute Gasteiger partial charge is 0.354 e. The van der Waals surface area contributed by atoms with E-state index in [0.29, 0.717) is 6.42 Å². The molecular weight excluding hydrogens is 284 g/mol. The number of aromatic carboxylic acids is 1. The molecule has 0 saturated heterocycles. The van der Waals surface area contributed by atoms with Crippen LogP contribution in [0.15, 0.2) is 29.6 Å². The first-order chi connectivity index (χ1) is 9.58. The summed E-state index contributed by atoms with van der Waals surface area (Å²) in [5.74, 6) is -1.53. The Morgan fingerprint density at radius 2 is 2.25 bits per heavy atom. The number of aromatic nitrogens is 1. The van der Waals surface area contributed by atoms with Gasteiger partial charge < -0.3 is 9.84 Å². The normalized spacial score (nSPS) is 10.2. The summed E-state index contributed by atoms with van der Waals surface area (Å²) in [6, 6.07) is 5.97. The molecule has 2 heterocycles. The van der Waals surface area contributed by atoms with E-state index in [1.165, 1.54) is 0 Å². The first-order valence-corrected chi connectivity index (χ1v) is 6.50. The maximum absolute atomic E-state index is 10.8. The molecule has 2 aromatic rings. The highest BCUT2D eigenvalue weighted by Crippen LogP contribution is 2.25. The van der Waals surface area contributed by atoms with Crippen molar-refractivity contribution in [3.8, 4) is 5.88 Å². The fourth-order valence-corrected chi connectivity index (χ4v) is 2.19. The summed E-state index contributed by atoms with van der Waals surface area (Å²) in [5.41, 5.74) is -0.636. The van der Waals surface area contributed by atoms with E-state index in [1.807, 2.05) is 17.5 Å². The zero-order valence-corrected chi connectivity index (χ0v) is 11.0. The SMILES string of the molecule is O=C(O)c1ccc([N+](=O)[O-])c(OCCc2cccs2)n1. The summed E-state index contributed by atoms with van der Waals surface area (Å²) in [7, 11) is 0. The van der Waals surface area contributed by atoms with Crippen LogP contribution in [0, 0.1) is 10.1 Å². The molecular formula is C12H10N2O5S. The molecule has 104 valence electrons. The lowest BCUT2D eigenvalue weighted by atomic mass is 10.3. The van der Waals surface area contributed by atoms with E-state index in [4.69, 9.17) is 9.84 Å². The van der Waals surface area contributed by atoms with Crippen LogP contribution >= 0.6 is 11.3 Å². The number of nitrogens with zero attached hydrogens (tertiary/aromatic N) is 2. The van der Waals surface area contributed by atoms with Crippen molar-refractivity contribution in [1.29, 1.82) is 0 Å². The Morgan fingerprint density at radius 1 is 1.45 bits per heavy atom. The molecule has 0 aromatic carbocycles. The van der Waals surface area contributed by atoms with Gasteiger partial charge in [-0.2, -0.15) is 0 Å². The molecule has 0 saturated carbocycles. The van der Waals surface area contributed by atoms with Crippen molar-refractivity contribution in [2.75, 3.05) is 6.61 Å². The topological polar surface area (TPSA) is 103 Å². The quantitative estimate of drug-likeness (QED) is 0.648. The number of ether oxygens (including phenoxy) is 1. The standard InChI is InChI=1S/C12H10N2O5S/c15-12(16)9-3-4-10(14(17)18)11(13-9)19-6-5-8-2-1-7-20-8/h1-4,7H,5-6H2,(H,15,16). The summed E-state index contributed by atoms with van der Waals surface area (Å²) in [6.45, 7) is 0.192. The van der Waals surface area contributed by atoms with Crippen LogP contribution < -0.4 is 4.74 Å². The third kappa shape index (κ3) is 3.29. The summed E-state index contributed by atoms with van der Waals surface area (Å²) in [4.78, 5) is 25.7. The molecule has 0 atom stereocenters. The molecule has 0 amide bonds. The molecule has 2 rings (SSSR count). The Balaban J connectivity index is 2.13. The zero-order valence-electron chi connectivity index (χ0n) is 10.2. The number of hydrogen-bond donors (Lipinski definition) is 1. The number of carboxylic acid groups (broad SMARTS) is 1. The summed E-state index contributed by atoms with van der Waals surface area (Å²) in [5, 5.41) is 21.6. The molecule has 0 aliphatic carbocycles. The van der Waals surface area contributed by atoms with Gasteiger partial charge in [-0.3, -0.25) is 10.1 Å². The largest absolute Gasteiger partial charge is 0.477 e. The maximum Gasteiger partial charge on any atom is 0.354 e. The van der Waals surface area contributed by atoms with Crippen LogP contribution in [0.3, 0.4) is 0 Å². The van der Waals surface area contributed by atoms with Gasteiger partial charge in [-0.1, -0.05) is 6.07 Å². The van der Waals surface area contributed by atoms with Crippen molar-refractivity contribution in [2.45, 2.75) is 6.42 Å². The fraction of sp³-hybridized carbons (Fsp3) is 0.167. The molecule has 0 radical (unpaired) electrons. The van der Waals surface area contributed by atoms with Gasteiger partial charge >= 0.3 is 11.7 Å². The highest BCUT2D eigenvalue weighted by molar-refractivity contribution is 7.09. The molecule has 0 bridgehead atoms. The van der Waals surface area contributed by atoms with Gasteiger partial charge in [0.15, 0.2) is 5.69 Å². The lowest BCUT2D eigenvalue weighted by Gasteiger charge is -2.05. The van der Waals surface area contributed by atoms with Crippen LogP contribution in [-0.2, 0) is 6.42 Å². The molecule has 0 aliphatic rings. The lowest BCUT2D eigenvalue weighted by molar-refractivity contribution is -0.386. The van der Waals surface area contributed by atoms with E-state index in [0.717, 1.165) is 17.0 Å². The molecule has 20 heavy (non-hydrogen) atoms. The van der Waals surface area contributed by atoms with Crippen molar-refractivity contribution in [1.82, 2.24) is 4.98 Å². The number of rotatable bonds is 6. The molecule has 7 nitrogen and oxygen atoms in total. The second-order valence-corrected chi connectivity index (χ2v) is 4.79. The average molecular weight is 294 g/mol. The van der Waals surface area contributed by atoms with Gasteiger partial charge in [0, 0.05) is 17.4 Å².